The summed E-state index contributed by atoms with van der Waals surface area (Å²) in [7, 11) is 0. The summed E-state index contributed by atoms with van der Waals surface area (Å²) in [6.45, 7) is 9.68. The Morgan fingerprint density at radius 3 is 1.03 bits per heavy atom. The van der Waals surface area contributed by atoms with Gasteiger partial charge < -0.3 is 17.7 Å². The highest BCUT2D eigenvalue weighted by Gasteiger charge is 2.46. The van der Waals surface area contributed by atoms with Crippen LogP contribution in [-0.2, 0) is 38.5 Å². The van der Waals surface area contributed by atoms with Gasteiger partial charge in [0.25, 0.3) is 0 Å². The number of aromatic nitrogens is 21. The second-order valence-corrected chi connectivity index (χ2v) is 43.0. The second-order valence-electron chi connectivity index (χ2n) is 42.0. The zero-order valence-electron chi connectivity index (χ0n) is 80.8. The maximum Gasteiger partial charge on any atom is 0.204 e. The maximum absolute atomic E-state index is 14.1. The largest absolute Gasteiger partial charge is 0.459 e. The molecule has 18 aromatic heterocycles. The molecule has 8 bridgehead atoms. The number of aromatic amines is 4. The number of thiophene rings is 1. The Labute approximate surface area is 832 Å². The Hall–Kier alpha value is -14.2. The van der Waals surface area contributed by atoms with E-state index in [4.69, 9.17) is 57.5 Å². The smallest absolute Gasteiger partial charge is 0.204 e. The lowest BCUT2D eigenvalue weighted by atomic mass is 9.58. The highest BCUT2D eigenvalue weighted by Crippen LogP contribution is 2.55. The van der Waals surface area contributed by atoms with E-state index < -0.39 is 23.3 Å². The Morgan fingerprint density at radius 1 is 0.326 bits per heavy atom. The van der Waals surface area contributed by atoms with Crippen LogP contribution in [0, 0.1) is 118 Å². The number of pyridine rings is 4. The van der Waals surface area contributed by atoms with E-state index in [1.807, 2.05) is 119 Å². The Morgan fingerprint density at radius 2 is 0.667 bits per heavy atom. The van der Waals surface area contributed by atoms with Crippen molar-refractivity contribution in [2.75, 3.05) is 0 Å². The molecule has 0 saturated heterocycles. The van der Waals surface area contributed by atoms with Crippen molar-refractivity contribution in [1.82, 2.24) is 105 Å². The van der Waals surface area contributed by atoms with E-state index in [-0.39, 0.29) is 0 Å². The fourth-order valence-electron chi connectivity index (χ4n) is 26.4. The molecule has 12 saturated carbocycles. The summed E-state index contributed by atoms with van der Waals surface area (Å²) in [4.78, 5) is 56.9. The second kappa shape index (κ2) is 38.5. The van der Waals surface area contributed by atoms with Crippen LogP contribution in [0.1, 0.15) is 177 Å². The van der Waals surface area contributed by atoms with E-state index in [9.17, 15) is 17.6 Å². The lowest BCUT2D eigenvalue weighted by Gasteiger charge is -2.47. The van der Waals surface area contributed by atoms with Crippen LogP contribution in [0.15, 0.2) is 206 Å². The molecule has 30 heteroatoms. The quantitative estimate of drug-likeness (QED) is 0.0546. The molecule has 25 nitrogen and oxygen atoms in total. The molecule has 32 rings (SSSR count). The molecule has 0 spiro atoms. The molecule has 18 heterocycles. The predicted molar refractivity (Wildman–Crippen MR) is 542 cm³/mol. The minimum atomic E-state index is -0.420. The van der Waals surface area contributed by atoms with Crippen molar-refractivity contribution in [2.45, 2.75) is 182 Å². The van der Waals surface area contributed by atoms with Crippen LogP contribution >= 0.6 is 11.3 Å². The van der Waals surface area contributed by atoms with Crippen molar-refractivity contribution in [3.05, 3.63) is 246 Å². The van der Waals surface area contributed by atoms with Crippen molar-refractivity contribution in [1.29, 1.82) is 0 Å². The minimum Gasteiger partial charge on any atom is -0.459 e. The summed E-state index contributed by atoms with van der Waals surface area (Å²) in [6.07, 6.45) is 38.1. The van der Waals surface area contributed by atoms with E-state index in [1.165, 1.54) is 170 Å². The first kappa shape index (κ1) is 91.1. The van der Waals surface area contributed by atoms with Crippen molar-refractivity contribution in [3.63, 3.8) is 0 Å². The van der Waals surface area contributed by atoms with Crippen LogP contribution in [-0.4, -0.2) is 105 Å². The molecule has 8 unspecified atom stereocenters. The third-order valence-corrected chi connectivity index (χ3v) is 35.0. The average molecular weight is 1950 g/mol. The van der Waals surface area contributed by atoms with E-state index in [2.05, 4.69) is 113 Å². The van der Waals surface area contributed by atoms with Crippen molar-refractivity contribution < 1.29 is 35.2 Å². The molecular formula is C114H111F4N21O4S. The summed E-state index contributed by atoms with van der Waals surface area (Å²) in [5.74, 6) is 18.1. The monoisotopic (exact) mass is 1950 g/mol. The molecule has 13 aliphatic rings. The fourth-order valence-corrected chi connectivity index (χ4v) is 27.1. The minimum absolute atomic E-state index is 0.401. The molecule has 730 valence electrons. The van der Waals surface area contributed by atoms with Crippen LogP contribution in [0.25, 0.3) is 164 Å². The van der Waals surface area contributed by atoms with Crippen molar-refractivity contribution in [2.24, 2.45) is 94.7 Å². The molecular weight excluding hydrogens is 1840 g/mol. The van der Waals surface area contributed by atoms with Gasteiger partial charge in [0, 0.05) is 53.2 Å². The zero-order valence-corrected chi connectivity index (χ0v) is 81.6. The molecule has 4 N–H and O–H groups in total. The normalized spacial score (nSPS) is 23.9. The third-order valence-electron chi connectivity index (χ3n) is 34.2. The fraction of sp³-hybridized carbons (Fsp3) is 0.386. The molecule has 0 amide bonds. The van der Waals surface area contributed by atoms with E-state index in [0.717, 1.165) is 154 Å². The van der Waals surface area contributed by atoms with Gasteiger partial charge in [-0.05, 0) is 356 Å². The first-order valence-corrected chi connectivity index (χ1v) is 52.5. The Kier molecular flexibility index (Phi) is 24.4. The third kappa shape index (κ3) is 18.0. The maximum atomic E-state index is 14.1. The average Bonchev–Trinajstić information content (AvgIpc) is 1.42. The summed E-state index contributed by atoms with van der Waals surface area (Å²) in [6, 6.07) is 45.9. The number of hydrogen-bond acceptors (Lipinski definition) is 21. The van der Waals surface area contributed by atoms with Gasteiger partial charge in [-0.2, -0.15) is 20.4 Å². The van der Waals surface area contributed by atoms with Crippen molar-refractivity contribution in [3.8, 4) is 120 Å². The number of hydrogen-bond donors (Lipinski definition) is 4. The lowest BCUT2D eigenvalue weighted by Crippen LogP contribution is -2.39. The number of nitrogens with zero attached hydrogens (tertiary/aromatic N) is 17. The summed E-state index contributed by atoms with van der Waals surface area (Å²) < 4.78 is 83.1. The number of nitrogens with one attached hydrogen (secondary N) is 4. The molecule has 1 aromatic carbocycles. The molecule has 19 aromatic rings. The van der Waals surface area contributed by atoms with Crippen molar-refractivity contribution >= 4 is 55.5 Å². The van der Waals surface area contributed by atoms with E-state index in [1.54, 1.807) is 11.3 Å². The van der Waals surface area contributed by atoms with Gasteiger partial charge in [0.1, 0.15) is 86.1 Å². The number of halogens is 4. The molecule has 0 radical (unpaired) electrons. The Bertz CT molecular complexity index is 7600. The number of furan rings is 4. The van der Waals surface area contributed by atoms with E-state index in [0.29, 0.717) is 172 Å². The summed E-state index contributed by atoms with van der Waals surface area (Å²) >= 11 is 1.64. The molecule has 144 heavy (non-hydrogen) atoms. The SMILES string of the molecule is CC1C2CCC(CC2)C1Cc1cc(-c2cc3c(o2)CCCC3)nc(-c2[nH]nc3ncc(F)cc23)n1.CC1C2CCC(CC2)C1Cc1cc(-c2ccc(-c3ccccc3)o2)nc(-c2[nH]nc3ncc(F)cc23)n1.CC1C2CCC(CC2)C1Cc1cc(-c2ccc(-c3cccs3)o2)nc(-c2[nH]nc3ncc(F)cc23)n1.CC1C2CCC(CC2)C1Cc1cc(-c2ccc(-n3cccc3)o2)nc(-c2[nH]nc3ncc(F)cc23)n1. The van der Waals surface area contributed by atoms with Gasteiger partial charge in [-0.15, -0.1) is 11.3 Å². The lowest BCUT2D eigenvalue weighted by molar-refractivity contribution is 0.0339. The molecule has 8 atom stereocenters. The van der Waals surface area contributed by atoms with Crippen LogP contribution < -0.4 is 0 Å². The van der Waals surface area contributed by atoms with Gasteiger partial charge in [-0.1, -0.05) is 64.1 Å². The number of benzene rings is 1. The topological polar surface area (TPSA) is 327 Å². The Balaban J connectivity index is 0.000000101. The standard InChI is InChI=1S/C30H28FN5O.C28H27FN6O.C28H26FN5OS.C28H30FN5O/c1-17-18-7-9-19(10-8-18)23(17)14-22-15-25(27-12-11-26(37-27)20-5-3-2-4-6-20)34-30(33-22)28-24-13-21(31)16-32-29(24)36-35-28;1-16-17-4-6-18(7-5-17)21(16)13-20-14-23(24-8-9-25(36-24)35-10-2-3-11-35)32-28(31-20)26-22-12-19(29)15-30-27(22)34-33-26;1-15-16-4-6-17(7-5-16)20(15)12-19-13-22(23-8-9-24(35-23)25-3-2-10-36-25)32-28(31-19)26-21-11-18(29)14-30-27(21)34-33-26;1-15-16-6-8-17(9-7-16)21(15)12-20-13-23(25-10-18-4-2-3-5-24(18)35-25)32-28(31-20)26-22-11-19(29)14-30-27(22)34-33-26/h2-6,11-13,15-19,23H,7-10,14H2,1H3,(H,32,35,36);2-3,8-12,14-18,21H,4-7,13H2,1H3,(H,30,33,34);2-3,8-11,13-17,20H,4-7,12H2,1H3,(H,30,33,34);10-11,13-17,21H,2-9,12H2,1H3,(H,30,33,34). The van der Waals surface area contributed by atoms with Crippen LogP contribution in [0.5, 0.6) is 0 Å². The highest BCUT2D eigenvalue weighted by atomic mass is 32.1. The van der Waals surface area contributed by atoms with Crippen LogP contribution in [0.4, 0.5) is 17.6 Å². The van der Waals surface area contributed by atoms with Gasteiger partial charge in [-0.3, -0.25) is 25.0 Å². The number of fused-ring (bicyclic) bond motifs is 17. The van der Waals surface area contributed by atoms with E-state index >= 15 is 0 Å². The van der Waals surface area contributed by atoms with Crippen LogP contribution in [0.2, 0.25) is 0 Å². The van der Waals surface area contributed by atoms with Gasteiger partial charge in [-0.25, -0.2) is 77.4 Å². The first-order chi connectivity index (χ1) is 70.5. The highest BCUT2D eigenvalue weighted by molar-refractivity contribution is 7.13. The molecule has 0 aliphatic heterocycles. The van der Waals surface area contributed by atoms with Gasteiger partial charge in [0.15, 0.2) is 68.9 Å². The van der Waals surface area contributed by atoms with Crippen LogP contribution in [0.3, 0.4) is 0 Å². The molecule has 12 fully saturated rings. The number of rotatable bonds is 19. The van der Waals surface area contributed by atoms with Gasteiger partial charge >= 0.3 is 0 Å². The van der Waals surface area contributed by atoms with Gasteiger partial charge in [0.2, 0.25) is 5.88 Å². The number of H-pyrrole nitrogens is 4. The summed E-state index contributed by atoms with van der Waals surface area (Å²) in [5, 5.41) is 33.4. The van der Waals surface area contributed by atoms with Gasteiger partial charge in [0.05, 0.1) is 51.2 Å². The molecule has 13 aliphatic carbocycles. The predicted octanol–water partition coefficient (Wildman–Crippen LogP) is 26.8. The number of aryl methyl sites for hydroxylation is 2. The first-order valence-electron chi connectivity index (χ1n) is 51.7. The zero-order chi connectivity index (χ0) is 96.9. The summed E-state index contributed by atoms with van der Waals surface area (Å²) in [5.41, 5.74) is 13.3.